The number of amides is 1. The Morgan fingerprint density at radius 1 is 1.00 bits per heavy atom. The SMILES string of the molecule is CCN(C)Cc1ccc(NC(=O)c2ccc(C)c(C#Cc3cncc4ccccc34)c2)cc1C(F)(F)F. The van der Waals surface area contributed by atoms with Crippen molar-refractivity contribution < 1.29 is 18.0 Å². The summed E-state index contributed by atoms with van der Waals surface area (Å²) in [6.07, 6.45) is -1.06. The average Bonchev–Trinajstić information content (AvgIpc) is 2.88. The zero-order chi connectivity index (χ0) is 26.6. The lowest BCUT2D eigenvalue weighted by Gasteiger charge is -2.19. The molecule has 0 saturated heterocycles. The molecule has 0 aliphatic heterocycles. The summed E-state index contributed by atoms with van der Waals surface area (Å²) in [5.74, 6) is 5.74. The molecule has 188 valence electrons. The van der Waals surface area contributed by atoms with Gasteiger partial charge in [0.05, 0.1) is 11.1 Å². The van der Waals surface area contributed by atoms with Crippen LogP contribution in [-0.4, -0.2) is 29.4 Å². The molecule has 0 spiro atoms. The van der Waals surface area contributed by atoms with Gasteiger partial charge in [-0.1, -0.05) is 55.2 Å². The summed E-state index contributed by atoms with van der Waals surface area (Å²) >= 11 is 0. The number of nitrogens with zero attached hydrogens (tertiary/aromatic N) is 2. The van der Waals surface area contributed by atoms with Gasteiger partial charge in [0.1, 0.15) is 0 Å². The van der Waals surface area contributed by atoms with Crippen LogP contribution in [0.4, 0.5) is 18.9 Å². The van der Waals surface area contributed by atoms with Crippen molar-refractivity contribution in [3.05, 3.63) is 106 Å². The number of benzene rings is 3. The van der Waals surface area contributed by atoms with Crippen molar-refractivity contribution in [1.29, 1.82) is 0 Å². The molecule has 0 aliphatic carbocycles. The number of hydrogen-bond donors (Lipinski definition) is 1. The van der Waals surface area contributed by atoms with E-state index in [9.17, 15) is 18.0 Å². The molecule has 1 N–H and O–H groups in total. The Labute approximate surface area is 214 Å². The first kappa shape index (κ1) is 25.9. The summed E-state index contributed by atoms with van der Waals surface area (Å²) < 4.78 is 41.1. The van der Waals surface area contributed by atoms with Gasteiger partial charge in [-0.3, -0.25) is 9.78 Å². The topological polar surface area (TPSA) is 45.2 Å². The molecule has 0 radical (unpaired) electrons. The van der Waals surface area contributed by atoms with Gasteiger partial charge in [-0.25, -0.2) is 0 Å². The molecular weight excluding hydrogens is 475 g/mol. The van der Waals surface area contributed by atoms with Crippen LogP contribution in [0.25, 0.3) is 10.8 Å². The van der Waals surface area contributed by atoms with Crippen LogP contribution in [0, 0.1) is 18.8 Å². The van der Waals surface area contributed by atoms with E-state index in [4.69, 9.17) is 0 Å². The van der Waals surface area contributed by atoms with Crippen molar-refractivity contribution in [2.45, 2.75) is 26.6 Å². The minimum Gasteiger partial charge on any atom is -0.322 e. The molecule has 0 atom stereocenters. The average molecular weight is 502 g/mol. The van der Waals surface area contributed by atoms with Gasteiger partial charge in [-0.2, -0.15) is 13.2 Å². The number of halogens is 3. The second-order valence-electron chi connectivity index (χ2n) is 8.84. The number of rotatable bonds is 5. The van der Waals surface area contributed by atoms with Gasteiger partial charge in [-0.15, -0.1) is 0 Å². The Morgan fingerprint density at radius 3 is 2.51 bits per heavy atom. The normalized spacial score (nSPS) is 11.3. The van der Waals surface area contributed by atoms with Crippen molar-refractivity contribution in [3.63, 3.8) is 0 Å². The van der Waals surface area contributed by atoms with Gasteiger partial charge in [0.15, 0.2) is 0 Å². The molecule has 3 aromatic carbocycles. The van der Waals surface area contributed by atoms with Crippen molar-refractivity contribution in [3.8, 4) is 11.8 Å². The number of alkyl halides is 3. The van der Waals surface area contributed by atoms with Crippen LogP contribution >= 0.6 is 0 Å². The number of pyridine rings is 1. The van der Waals surface area contributed by atoms with E-state index < -0.39 is 17.6 Å². The Morgan fingerprint density at radius 2 is 1.76 bits per heavy atom. The largest absolute Gasteiger partial charge is 0.416 e. The maximum Gasteiger partial charge on any atom is 0.416 e. The van der Waals surface area contributed by atoms with Gasteiger partial charge in [0, 0.05) is 46.5 Å². The summed E-state index contributed by atoms with van der Waals surface area (Å²) in [6, 6.07) is 16.7. The number of nitrogens with one attached hydrogen (secondary N) is 1. The quantitative estimate of drug-likeness (QED) is 0.311. The van der Waals surface area contributed by atoms with Crippen LogP contribution in [0.5, 0.6) is 0 Å². The zero-order valence-corrected chi connectivity index (χ0v) is 20.8. The molecule has 1 heterocycles. The van der Waals surface area contributed by atoms with Crippen LogP contribution in [0.2, 0.25) is 0 Å². The fourth-order valence-electron chi connectivity index (χ4n) is 3.91. The molecule has 37 heavy (non-hydrogen) atoms. The predicted octanol–water partition coefficient (Wildman–Crippen LogP) is 6.67. The molecule has 4 rings (SSSR count). The number of carbonyl (C=O) groups excluding carboxylic acids is 1. The van der Waals surface area contributed by atoms with E-state index in [0.717, 1.165) is 28.0 Å². The number of hydrogen-bond acceptors (Lipinski definition) is 3. The minimum atomic E-state index is -4.53. The predicted molar refractivity (Wildman–Crippen MR) is 140 cm³/mol. The first-order chi connectivity index (χ1) is 17.7. The van der Waals surface area contributed by atoms with E-state index in [1.807, 2.05) is 38.1 Å². The highest BCUT2D eigenvalue weighted by atomic mass is 19.4. The van der Waals surface area contributed by atoms with E-state index in [1.54, 1.807) is 42.5 Å². The number of aromatic nitrogens is 1. The molecule has 7 heteroatoms. The summed E-state index contributed by atoms with van der Waals surface area (Å²) in [6.45, 7) is 4.53. The lowest BCUT2D eigenvalue weighted by atomic mass is 10.0. The molecule has 0 bridgehead atoms. The molecule has 1 aromatic heterocycles. The standard InChI is InChI=1S/C30H26F3N3O/c1-4-36(3)19-25-13-14-26(16-28(25)30(31,32)33)35-29(37)22-10-9-20(2)21(15-22)11-12-24-18-34-17-23-7-5-6-8-27(23)24/h5-10,13-18H,4,19H2,1-3H3,(H,35,37). The van der Waals surface area contributed by atoms with Crippen LogP contribution in [0.3, 0.4) is 0 Å². The monoisotopic (exact) mass is 501 g/mol. The molecule has 0 saturated carbocycles. The molecule has 0 fully saturated rings. The van der Waals surface area contributed by atoms with Gasteiger partial charge in [-0.05, 0) is 55.9 Å². The molecule has 4 aromatic rings. The van der Waals surface area contributed by atoms with Gasteiger partial charge in [0.2, 0.25) is 0 Å². The third-order valence-electron chi connectivity index (χ3n) is 6.15. The van der Waals surface area contributed by atoms with E-state index >= 15 is 0 Å². The zero-order valence-electron chi connectivity index (χ0n) is 20.8. The molecule has 4 nitrogen and oxygen atoms in total. The van der Waals surface area contributed by atoms with E-state index in [1.165, 1.54) is 12.1 Å². The molecule has 0 unspecified atom stereocenters. The fraction of sp³-hybridized carbons (Fsp3) is 0.200. The third kappa shape index (κ3) is 6.16. The summed E-state index contributed by atoms with van der Waals surface area (Å²) in [7, 11) is 1.75. The lowest BCUT2D eigenvalue weighted by Crippen LogP contribution is -2.20. The van der Waals surface area contributed by atoms with E-state index in [-0.39, 0.29) is 17.8 Å². The molecule has 0 aliphatic rings. The number of anilines is 1. The number of carbonyl (C=O) groups is 1. The number of aryl methyl sites for hydroxylation is 1. The van der Waals surface area contributed by atoms with Crippen molar-refractivity contribution in [1.82, 2.24) is 9.88 Å². The van der Waals surface area contributed by atoms with Crippen LogP contribution in [-0.2, 0) is 12.7 Å². The Kier molecular flexibility index (Phi) is 7.61. The van der Waals surface area contributed by atoms with Crippen LogP contribution in [0.1, 0.15) is 45.1 Å². The summed E-state index contributed by atoms with van der Waals surface area (Å²) in [4.78, 5) is 19.0. The highest BCUT2D eigenvalue weighted by molar-refractivity contribution is 6.04. The van der Waals surface area contributed by atoms with Gasteiger partial charge < -0.3 is 10.2 Å². The summed E-state index contributed by atoms with van der Waals surface area (Å²) in [5, 5.41) is 4.55. The summed E-state index contributed by atoms with van der Waals surface area (Å²) in [5.41, 5.74) is 2.07. The maximum absolute atomic E-state index is 13.7. The smallest absolute Gasteiger partial charge is 0.322 e. The van der Waals surface area contributed by atoms with Crippen molar-refractivity contribution in [2.24, 2.45) is 0 Å². The van der Waals surface area contributed by atoms with E-state index in [0.29, 0.717) is 17.7 Å². The van der Waals surface area contributed by atoms with E-state index in [2.05, 4.69) is 22.1 Å². The third-order valence-corrected chi connectivity index (χ3v) is 6.15. The maximum atomic E-state index is 13.7. The van der Waals surface area contributed by atoms with Gasteiger partial charge >= 0.3 is 6.18 Å². The Balaban J connectivity index is 1.60. The Bertz CT molecular complexity index is 1510. The molecular formula is C30H26F3N3O. The first-order valence-electron chi connectivity index (χ1n) is 11.8. The minimum absolute atomic E-state index is 0.0789. The highest BCUT2D eigenvalue weighted by Gasteiger charge is 2.33. The second-order valence-corrected chi connectivity index (χ2v) is 8.84. The second kappa shape index (κ2) is 10.9. The highest BCUT2D eigenvalue weighted by Crippen LogP contribution is 2.34. The van der Waals surface area contributed by atoms with Crippen molar-refractivity contribution in [2.75, 3.05) is 18.9 Å². The van der Waals surface area contributed by atoms with Gasteiger partial charge in [0.25, 0.3) is 5.91 Å². The molecule has 1 amide bonds. The first-order valence-corrected chi connectivity index (χ1v) is 11.8. The van der Waals surface area contributed by atoms with Crippen LogP contribution in [0.15, 0.2) is 73.1 Å². The lowest BCUT2D eigenvalue weighted by molar-refractivity contribution is -0.138. The Hall–Kier alpha value is -4.15. The van der Waals surface area contributed by atoms with Crippen molar-refractivity contribution >= 4 is 22.4 Å². The number of fused-ring (bicyclic) bond motifs is 1. The fourth-order valence-corrected chi connectivity index (χ4v) is 3.91. The van der Waals surface area contributed by atoms with Crippen LogP contribution < -0.4 is 5.32 Å².